The van der Waals surface area contributed by atoms with E-state index in [1.165, 1.54) is 5.56 Å². The van der Waals surface area contributed by atoms with Gasteiger partial charge in [-0.2, -0.15) is 15.2 Å². The van der Waals surface area contributed by atoms with Crippen molar-refractivity contribution in [3.8, 4) is 17.0 Å². The second-order valence-electron chi connectivity index (χ2n) is 15.9. The summed E-state index contributed by atoms with van der Waals surface area (Å²) in [7, 11) is 1.89. The Balaban J connectivity index is 0.853. The molecule has 16 heteroatoms. The summed E-state index contributed by atoms with van der Waals surface area (Å²) < 4.78 is 15.1. The Hall–Kier alpha value is -6.16. The molecule has 8 rings (SSSR count). The van der Waals surface area contributed by atoms with Crippen molar-refractivity contribution in [1.82, 2.24) is 50.1 Å². The molecule has 2 fully saturated rings. The molecule has 0 saturated carbocycles. The van der Waals surface area contributed by atoms with Crippen LogP contribution in [0.5, 0.6) is 5.75 Å². The minimum atomic E-state index is -0.429. The van der Waals surface area contributed by atoms with Crippen LogP contribution in [0.3, 0.4) is 0 Å². The van der Waals surface area contributed by atoms with Crippen molar-refractivity contribution in [3.05, 3.63) is 83.4 Å². The van der Waals surface area contributed by atoms with Crippen LogP contribution in [0.1, 0.15) is 85.6 Å². The van der Waals surface area contributed by atoms with E-state index in [2.05, 4.69) is 65.1 Å². The molecule has 6 heterocycles. The smallest absolute Gasteiger partial charge is 0.329 e. The van der Waals surface area contributed by atoms with E-state index in [-0.39, 0.29) is 23.6 Å². The number of piperidine rings is 1. The van der Waals surface area contributed by atoms with Gasteiger partial charge in [0.15, 0.2) is 5.82 Å². The molecule has 2 aromatic carbocycles. The van der Waals surface area contributed by atoms with Gasteiger partial charge in [0, 0.05) is 62.1 Å². The molecule has 2 aliphatic rings. The Morgan fingerprint density at radius 3 is 2.74 bits per heavy atom. The number of nitrogens with zero attached hydrogens (tertiary/aromatic N) is 9. The maximum atomic E-state index is 12.7. The summed E-state index contributed by atoms with van der Waals surface area (Å²) in [6, 6.07) is 14.0. The molecule has 6 aromatic rings. The molecule has 16 nitrogen and oxygen atoms in total. The standard InChI is InChI=1S/C41H47N11O5/c1-25-18-27(9-10-28(25)21-42-38(54)36-46-39(57-48-36)41(2,3)4)35-33-20-30(23-52(33)44-24-43-35)56-17-7-15-50-14-6-8-29(22-50)26-11-12-31-32(19-26)49(5)47-37(31)51-16-13-34(53)45-40(51)55/h9-12,18-20,23-24,29H,6-8,13-17,21-22H2,1-5H3,(H,42,54)(H,45,53,55). The van der Waals surface area contributed by atoms with Gasteiger partial charge in [-0.3, -0.25) is 24.5 Å². The SMILES string of the molecule is Cc1cc(-c2ncnn3cc(OCCCN4CCCC(c5ccc6c(N7CCC(=O)NC7=O)nn(C)c6c5)C4)cc23)ccc1CNC(=O)c1noc(C(C)(C)C)n1. The number of aromatic nitrogens is 7. The number of rotatable bonds is 11. The van der Waals surface area contributed by atoms with Crippen molar-refractivity contribution in [2.75, 3.05) is 37.7 Å². The summed E-state index contributed by atoms with van der Waals surface area (Å²) in [4.78, 5) is 49.8. The Morgan fingerprint density at radius 2 is 1.95 bits per heavy atom. The van der Waals surface area contributed by atoms with Crippen LogP contribution in [0.15, 0.2) is 59.5 Å². The summed E-state index contributed by atoms with van der Waals surface area (Å²) in [5.41, 5.74) is 6.42. The second kappa shape index (κ2) is 15.4. The molecule has 2 aliphatic heterocycles. The lowest BCUT2D eigenvalue weighted by atomic mass is 9.90. The van der Waals surface area contributed by atoms with Gasteiger partial charge in [-0.05, 0) is 73.5 Å². The first-order chi connectivity index (χ1) is 27.4. The number of hydrogen-bond acceptors (Lipinski definition) is 11. The van der Waals surface area contributed by atoms with Gasteiger partial charge in [-0.1, -0.05) is 44.1 Å². The Bertz CT molecular complexity index is 2480. The van der Waals surface area contributed by atoms with Gasteiger partial charge in [0.05, 0.1) is 29.5 Å². The number of likely N-dealkylation sites (tertiary alicyclic amines) is 1. The van der Waals surface area contributed by atoms with Crippen LogP contribution in [0.25, 0.3) is 27.7 Å². The number of fused-ring (bicyclic) bond motifs is 2. The zero-order chi connectivity index (χ0) is 39.8. The van der Waals surface area contributed by atoms with Crippen LogP contribution >= 0.6 is 0 Å². The maximum Gasteiger partial charge on any atom is 0.329 e. The number of aryl methyl sites for hydroxylation is 2. The normalized spacial score (nSPS) is 16.7. The van der Waals surface area contributed by atoms with Crippen LogP contribution in [-0.4, -0.2) is 90.1 Å². The number of benzene rings is 2. The zero-order valence-electron chi connectivity index (χ0n) is 32.9. The molecule has 2 saturated heterocycles. The third-order valence-corrected chi connectivity index (χ3v) is 10.7. The number of anilines is 1. The second-order valence-corrected chi connectivity index (χ2v) is 15.9. The molecule has 0 radical (unpaired) electrons. The maximum absolute atomic E-state index is 12.7. The molecule has 0 aliphatic carbocycles. The summed E-state index contributed by atoms with van der Waals surface area (Å²) in [6.07, 6.45) is 6.79. The molecular weight excluding hydrogens is 727 g/mol. The number of amides is 4. The summed E-state index contributed by atoms with van der Waals surface area (Å²) in [5.74, 6) is 1.48. The molecule has 1 unspecified atom stereocenters. The summed E-state index contributed by atoms with van der Waals surface area (Å²) >= 11 is 0. The monoisotopic (exact) mass is 773 g/mol. The minimum Gasteiger partial charge on any atom is -0.492 e. The van der Waals surface area contributed by atoms with Gasteiger partial charge < -0.3 is 19.5 Å². The first-order valence-corrected chi connectivity index (χ1v) is 19.4. The third kappa shape index (κ3) is 7.94. The first kappa shape index (κ1) is 37.7. The molecule has 1 atom stereocenters. The van der Waals surface area contributed by atoms with Crippen LogP contribution < -0.4 is 20.3 Å². The number of imide groups is 1. The number of urea groups is 1. The third-order valence-electron chi connectivity index (χ3n) is 10.7. The van der Waals surface area contributed by atoms with Crippen LogP contribution in [0.2, 0.25) is 0 Å². The van der Waals surface area contributed by atoms with E-state index < -0.39 is 11.9 Å². The first-order valence-electron chi connectivity index (χ1n) is 19.4. The highest BCUT2D eigenvalue weighted by molar-refractivity contribution is 6.08. The number of nitrogens with one attached hydrogen (secondary N) is 2. The van der Waals surface area contributed by atoms with E-state index in [0.717, 1.165) is 83.5 Å². The molecule has 57 heavy (non-hydrogen) atoms. The van der Waals surface area contributed by atoms with E-state index in [1.54, 1.807) is 15.7 Å². The van der Waals surface area contributed by atoms with E-state index in [9.17, 15) is 14.4 Å². The predicted octanol–water partition coefficient (Wildman–Crippen LogP) is 5.30. The highest BCUT2D eigenvalue weighted by Crippen LogP contribution is 2.33. The van der Waals surface area contributed by atoms with Gasteiger partial charge in [0.25, 0.3) is 11.7 Å². The van der Waals surface area contributed by atoms with Crippen molar-refractivity contribution in [3.63, 3.8) is 0 Å². The van der Waals surface area contributed by atoms with Gasteiger partial charge in [0.1, 0.15) is 12.1 Å². The average molecular weight is 774 g/mol. The zero-order valence-corrected chi connectivity index (χ0v) is 32.9. The van der Waals surface area contributed by atoms with Crippen molar-refractivity contribution in [2.24, 2.45) is 7.05 Å². The lowest BCUT2D eigenvalue weighted by molar-refractivity contribution is -0.120. The highest BCUT2D eigenvalue weighted by Gasteiger charge is 2.29. The Labute approximate surface area is 329 Å². The van der Waals surface area contributed by atoms with E-state index in [0.29, 0.717) is 37.3 Å². The fourth-order valence-electron chi connectivity index (χ4n) is 7.61. The van der Waals surface area contributed by atoms with Crippen molar-refractivity contribution in [1.29, 1.82) is 0 Å². The molecule has 4 amide bonds. The lowest BCUT2D eigenvalue weighted by Crippen LogP contribution is -2.49. The molecule has 2 N–H and O–H groups in total. The van der Waals surface area contributed by atoms with E-state index >= 15 is 0 Å². The largest absolute Gasteiger partial charge is 0.492 e. The number of carbonyl (C=O) groups excluding carboxylic acids is 3. The Morgan fingerprint density at radius 1 is 1.09 bits per heavy atom. The van der Waals surface area contributed by atoms with Crippen molar-refractivity contribution < 1.29 is 23.6 Å². The van der Waals surface area contributed by atoms with E-state index in [1.807, 2.05) is 63.8 Å². The van der Waals surface area contributed by atoms with Crippen LogP contribution in [0, 0.1) is 6.92 Å². The predicted molar refractivity (Wildman–Crippen MR) is 212 cm³/mol. The number of carbonyl (C=O) groups is 3. The van der Waals surface area contributed by atoms with Crippen molar-refractivity contribution >= 4 is 40.1 Å². The Kier molecular flexibility index (Phi) is 10.2. The fraction of sp³-hybridized carbons (Fsp3) is 0.415. The van der Waals surface area contributed by atoms with Crippen molar-refractivity contribution in [2.45, 2.75) is 71.3 Å². The number of ether oxygens (including phenoxy) is 1. The minimum absolute atomic E-state index is 0.0172. The topological polar surface area (TPSA) is 178 Å². The van der Waals surface area contributed by atoms with Gasteiger partial charge in [0.2, 0.25) is 11.8 Å². The molecular formula is C41H47N11O5. The highest BCUT2D eigenvalue weighted by atomic mass is 16.5. The summed E-state index contributed by atoms with van der Waals surface area (Å²) in [5, 5.41) is 19.1. The molecule has 0 spiro atoms. The lowest BCUT2D eigenvalue weighted by Gasteiger charge is -2.33. The molecule has 0 bridgehead atoms. The van der Waals surface area contributed by atoms with Crippen LogP contribution in [-0.2, 0) is 23.8 Å². The van der Waals surface area contributed by atoms with Gasteiger partial charge in [-0.15, -0.1) is 0 Å². The molecule has 4 aromatic heterocycles. The molecule has 296 valence electrons. The number of hydrogen-bond donors (Lipinski definition) is 2. The summed E-state index contributed by atoms with van der Waals surface area (Å²) in [6.45, 7) is 12.0. The fourth-order valence-corrected chi connectivity index (χ4v) is 7.61. The van der Waals surface area contributed by atoms with Gasteiger partial charge >= 0.3 is 6.03 Å². The average Bonchev–Trinajstić information content (AvgIpc) is 3.94. The van der Waals surface area contributed by atoms with E-state index in [4.69, 9.17) is 9.26 Å². The van der Waals surface area contributed by atoms with Crippen LogP contribution in [0.4, 0.5) is 10.6 Å². The quantitative estimate of drug-likeness (QED) is 0.163. The van der Waals surface area contributed by atoms with Gasteiger partial charge in [-0.25, -0.2) is 14.3 Å².